The third-order valence-electron chi connectivity index (χ3n) is 2.70. The van der Waals surface area contributed by atoms with Crippen molar-refractivity contribution < 1.29 is 35.1 Å². The molecule has 0 aliphatic rings. The Labute approximate surface area is 116 Å². The highest BCUT2D eigenvalue weighted by Gasteiger charge is 2.39. The predicted molar refractivity (Wildman–Crippen MR) is 57.3 cm³/mol. The van der Waals surface area contributed by atoms with Crippen LogP contribution in [0.3, 0.4) is 0 Å². The summed E-state index contributed by atoms with van der Waals surface area (Å²) >= 11 is 0. The normalized spacial score (nSPS) is 11.8. The molecule has 1 aromatic carbocycles. The number of H-pyrrole nitrogens is 1. The Morgan fingerprint density at radius 1 is 0.818 bits per heavy atom. The maximum atomic E-state index is 13.6. The molecular weight excluding hydrogens is 326 g/mol. The summed E-state index contributed by atoms with van der Waals surface area (Å²) in [4.78, 5) is 13.0. The van der Waals surface area contributed by atoms with Gasteiger partial charge in [-0.3, -0.25) is 4.79 Å². The second-order valence-corrected chi connectivity index (χ2v) is 4.03. The number of alkyl halides is 3. The summed E-state index contributed by atoms with van der Waals surface area (Å²) in [5.74, 6) is -12.3. The molecule has 0 saturated carbocycles. The van der Waals surface area contributed by atoms with Gasteiger partial charge in [0.15, 0.2) is 28.7 Å². The molecular formula is C12H3F8NO. The average molecular weight is 329 g/mol. The van der Waals surface area contributed by atoms with E-state index in [-0.39, 0.29) is 0 Å². The average Bonchev–Trinajstić information content (AvgIpc) is 2.42. The highest BCUT2D eigenvalue weighted by atomic mass is 19.4. The van der Waals surface area contributed by atoms with E-state index in [0.29, 0.717) is 12.3 Å². The van der Waals surface area contributed by atoms with Crippen molar-refractivity contribution in [2.75, 3.05) is 0 Å². The van der Waals surface area contributed by atoms with Gasteiger partial charge in [-0.05, 0) is 0 Å². The maximum Gasteiger partial charge on any atom is 0.422 e. The number of hydrogen-bond acceptors (Lipinski definition) is 1. The first kappa shape index (κ1) is 16.0. The van der Waals surface area contributed by atoms with Crippen LogP contribution in [0.5, 0.6) is 0 Å². The van der Waals surface area contributed by atoms with E-state index in [1.54, 1.807) is 4.98 Å². The van der Waals surface area contributed by atoms with Gasteiger partial charge in [-0.1, -0.05) is 0 Å². The van der Waals surface area contributed by atoms with Gasteiger partial charge in [0.1, 0.15) is 5.56 Å². The number of benzene rings is 1. The van der Waals surface area contributed by atoms with Crippen molar-refractivity contribution in [3.05, 3.63) is 57.1 Å². The SMILES string of the molecule is O=c1cc[nH]c(-c2c(F)c(F)c(F)c(F)c2F)c1C(F)(F)F. The minimum absolute atomic E-state index is 0.401. The van der Waals surface area contributed by atoms with Crippen molar-refractivity contribution >= 4 is 0 Å². The van der Waals surface area contributed by atoms with E-state index < -0.39 is 57.5 Å². The Kier molecular flexibility index (Phi) is 3.71. The summed E-state index contributed by atoms with van der Waals surface area (Å²) in [5, 5.41) is 0. The smallest absolute Gasteiger partial charge is 0.360 e. The summed E-state index contributed by atoms with van der Waals surface area (Å²) < 4.78 is 105. The predicted octanol–water partition coefficient (Wildman–Crippen LogP) is 3.76. The lowest BCUT2D eigenvalue weighted by Gasteiger charge is -2.14. The zero-order valence-electron chi connectivity index (χ0n) is 10.1. The van der Waals surface area contributed by atoms with Gasteiger partial charge in [0.25, 0.3) is 0 Å². The molecule has 0 spiro atoms. The molecule has 2 nitrogen and oxygen atoms in total. The molecule has 0 aliphatic heterocycles. The zero-order chi connectivity index (χ0) is 16.8. The van der Waals surface area contributed by atoms with E-state index in [1.807, 2.05) is 0 Å². The Hall–Kier alpha value is -2.39. The van der Waals surface area contributed by atoms with Crippen LogP contribution < -0.4 is 5.43 Å². The van der Waals surface area contributed by atoms with Gasteiger partial charge in [0, 0.05) is 12.3 Å². The lowest BCUT2D eigenvalue weighted by molar-refractivity contribution is -0.138. The first-order valence-corrected chi connectivity index (χ1v) is 5.38. The van der Waals surface area contributed by atoms with Gasteiger partial charge in [-0.25, -0.2) is 22.0 Å². The largest absolute Gasteiger partial charge is 0.422 e. The molecule has 0 atom stereocenters. The third kappa shape index (κ3) is 2.34. The number of rotatable bonds is 1. The first-order valence-electron chi connectivity index (χ1n) is 5.38. The van der Waals surface area contributed by atoms with Crippen LogP contribution in [0.2, 0.25) is 0 Å². The molecule has 0 bridgehead atoms. The Morgan fingerprint density at radius 2 is 1.27 bits per heavy atom. The molecule has 118 valence electrons. The summed E-state index contributed by atoms with van der Waals surface area (Å²) in [5.41, 5.74) is -7.17. The molecule has 0 unspecified atom stereocenters. The van der Waals surface area contributed by atoms with E-state index in [1.165, 1.54) is 0 Å². The first-order chi connectivity index (χ1) is 10.1. The van der Waals surface area contributed by atoms with Crippen molar-refractivity contribution in [3.63, 3.8) is 0 Å². The molecule has 2 rings (SSSR count). The zero-order valence-corrected chi connectivity index (χ0v) is 10.1. The van der Waals surface area contributed by atoms with Crippen molar-refractivity contribution in [1.29, 1.82) is 0 Å². The van der Waals surface area contributed by atoms with Gasteiger partial charge in [-0.15, -0.1) is 0 Å². The minimum atomic E-state index is -5.37. The molecule has 1 aromatic heterocycles. The quantitative estimate of drug-likeness (QED) is 0.482. The van der Waals surface area contributed by atoms with Crippen LogP contribution in [0, 0.1) is 29.1 Å². The number of pyridine rings is 1. The van der Waals surface area contributed by atoms with Crippen LogP contribution in [-0.4, -0.2) is 4.98 Å². The van der Waals surface area contributed by atoms with Gasteiger partial charge in [0.05, 0.1) is 11.3 Å². The van der Waals surface area contributed by atoms with Crippen LogP contribution in [0.4, 0.5) is 35.1 Å². The van der Waals surface area contributed by atoms with Crippen molar-refractivity contribution in [2.45, 2.75) is 6.18 Å². The maximum absolute atomic E-state index is 13.6. The number of halogens is 8. The monoisotopic (exact) mass is 329 g/mol. The van der Waals surface area contributed by atoms with E-state index in [4.69, 9.17) is 0 Å². The Balaban J connectivity index is 2.97. The lowest BCUT2D eigenvalue weighted by atomic mass is 10.0. The van der Waals surface area contributed by atoms with Gasteiger partial charge in [-0.2, -0.15) is 13.2 Å². The van der Waals surface area contributed by atoms with Crippen LogP contribution >= 0.6 is 0 Å². The molecule has 1 N–H and O–H groups in total. The topological polar surface area (TPSA) is 32.9 Å². The van der Waals surface area contributed by atoms with E-state index in [9.17, 15) is 39.9 Å². The molecule has 10 heteroatoms. The highest BCUT2D eigenvalue weighted by molar-refractivity contribution is 5.65. The molecule has 1 heterocycles. The van der Waals surface area contributed by atoms with Crippen molar-refractivity contribution in [3.8, 4) is 11.3 Å². The number of hydrogen-bond donors (Lipinski definition) is 1. The lowest BCUT2D eigenvalue weighted by Crippen LogP contribution is -2.21. The second kappa shape index (κ2) is 5.11. The summed E-state index contributed by atoms with van der Waals surface area (Å²) in [6.07, 6.45) is -4.78. The third-order valence-corrected chi connectivity index (χ3v) is 2.70. The van der Waals surface area contributed by atoms with Gasteiger partial charge < -0.3 is 4.98 Å². The fraction of sp³-hybridized carbons (Fsp3) is 0.0833. The molecule has 0 fully saturated rings. The number of aromatic nitrogens is 1. The number of aromatic amines is 1. The molecule has 0 aliphatic carbocycles. The second-order valence-electron chi connectivity index (χ2n) is 4.03. The molecule has 0 amide bonds. The Bertz CT molecular complexity index is 779. The van der Waals surface area contributed by atoms with Crippen LogP contribution in [0.15, 0.2) is 17.1 Å². The summed E-state index contributed by atoms with van der Waals surface area (Å²) in [6, 6.07) is 0.401. The van der Waals surface area contributed by atoms with Crippen molar-refractivity contribution in [2.24, 2.45) is 0 Å². The van der Waals surface area contributed by atoms with E-state index in [0.717, 1.165) is 0 Å². The standard InChI is InChI=1S/C12H3F8NO/c13-6-4(7(14)9(16)10(17)8(6)15)11-5(12(18,19)20)3(22)1-2-21-11/h1-2H,(H,21,22). The van der Waals surface area contributed by atoms with Crippen molar-refractivity contribution in [1.82, 2.24) is 4.98 Å². The fourth-order valence-corrected chi connectivity index (χ4v) is 1.78. The molecule has 22 heavy (non-hydrogen) atoms. The van der Waals surface area contributed by atoms with Gasteiger partial charge >= 0.3 is 6.18 Å². The van der Waals surface area contributed by atoms with E-state index >= 15 is 0 Å². The molecule has 0 radical (unpaired) electrons. The summed E-state index contributed by atoms with van der Waals surface area (Å²) in [7, 11) is 0. The minimum Gasteiger partial charge on any atom is -0.360 e. The Morgan fingerprint density at radius 3 is 1.73 bits per heavy atom. The van der Waals surface area contributed by atoms with Gasteiger partial charge in [0.2, 0.25) is 5.82 Å². The molecule has 0 saturated heterocycles. The highest BCUT2D eigenvalue weighted by Crippen LogP contribution is 2.37. The summed E-state index contributed by atoms with van der Waals surface area (Å²) in [6.45, 7) is 0. The van der Waals surface area contributed by atoms with Crippen LogP contribution in [0.1, 0.15) is 5.56 Å². The fourth-order valence-electron chi connectivity index (χ4n) is 1.78. The molecule has 2 aromatic rings. The van der Waals surface area contributed by atoms with E-state index in [2.05, 4.69) is 0 Å². The number of nitrogens with one attached hydrogen (secondary N) is 1. The van der Waals surface area contributed by atoms with Crippen LogP contribution in [-0.2, 0) is 6.18 Å². The van der Waals surface area contributed by atoms with Crippen LogP contribution in [0.25, 0.3) is 11.3 Å².